The molecule has 0 radical (unpaired) electrons. The molecular formula is C19H21NO3. The molecule has 2 aromatic carbocycles. The Morgan fingerprint density at radius 3 is 2.39 bits per heavy atom. The lowest BCUT2D eigenvalue weighted by molar-refractivity contribution is 0.292. The van der Waals surface area contributed by atoms with Crippen molar-refractivity contribution in [1.29, 1.82) is 0 Å². The zero-order valence-electron chi connectivity index (χ0n) is 13.6. The zero-order valence-corrected chi connectivity index (χ0v) is 13.6. The Bertz CT molecular complexity index is 803. The van der Waals surface area contributed by atoms with Gasteiger partial charge in [-0.25, -0.2) is 0 Å². The van der Waals surface area contributed by atoms with Gasteiger partial charge in [0.2, 0.25) is 0 Å². The summed E-state index contributed by atoms with van der Waals surface area (Å²) in [6.07, 6.45) is 0. The molecular weight excluding hydrogens is 290 g/mol. The number of nitrogens with zero attached hydrogens (tertiary/aromatic N) is 1. The highest BCUT2D eigenvalue weighted by Gasteiger charge is 2.14. The van der Waals surface area contributed by atoms with E-state index in [1.807, 2.05) is 36.4 Å². The van der Waals surface area contributed by atoms with Crippen LogP contribution >= 0.6 is 0 Å². The van der Waals surface area contributed by atoms with E-state index < -0.39 is 0 Å². The van der Waals surface area contributed by atoms with Gasteiger partial charge in [0.15, 0.2) is 0 Å². The van der Waals surface area contributed by atoms with E-state index in [9.17, 15) is 5.11 Å². The molecule has 3 rings (SSSR count). The number of fused-ring (bicyclic) bond motifs is 1. The highest BCUT2D eigenvalue weighted by atomic mass is 16.5. The number of hydrogen-bond donors (Lipinski definition) is 1. The number of para-hydroxylation sites is 1. The largest absolute Gasteiger partial charge is 0.506 e. The van der Waals surface area contributed by atoms with Crippen LogP contribution in [-0.4, -0.2) is 16.8 Å². The first-order valence-corrected chi connectivity index (χ1v) is 7.69. The quantitative estimate of drug-likeness (QED) is 0.753. The van der Waals surface area contributed by atoms with Gasteiger partial charge in [0.05, 0.1) is 18.3 Å². The van der Waals surface area contributed by atoms with E-state index in [1.54, 1.807) is 13.2 Å². The van der Waals surface area contributed by atoms with E-state index >= 15 is 0 Å². The number of benzene rings is 2. The van der Waals surface area contributed by atoms with Crippen molar-refractivity contribution < 1.29 is 14.6 Å². The van der Waals surface area contributed by atoms with Crippen molar-refractivity contribution in [2.75, 3.05) is 7.11 Å². The molecule has 1 aromatic heterocycles. The van der Waals surface area contributed by atoms with E-state index in [0.717, 1.165) is 28.1 Å². The lowest BCUT2D eigenvalue weighted by Gasteiger charge is -2.16. The Morgan fingerprint density at radius 2 is 1.74 bits per heavy atom. The van der Waals surface area contributed by atoms with Crippen molar-refractivity contribution in [1.82, 2.24) is 4.57 Å². The second-order valence-corrected chi connectivity index (χ2v) is 5.78. The average molecular weight is 311 g/mol. The normalized spacial score (nSPS) is 11.1. The van der Waals surface area contributed by atoms with Crippen LogP contribution in [0.3, 0.4) is 0 Å². The maximum Gasteiger partial charge on any atom is 0.139 e. The molecule has 4 nitrogen and oxygen atoms in total. The van der Waals surface area contributed by atoms with Crippen molar-refractivity contribution >= 4 is 10.9 Å². The number of hydrogen-bond acceptors (Lipinski definition) is 3. The molecule has 0 aliphatic heterocycles. The van der Waals surface area contributed by atoms with E-state index in [4.69, 9.17) is 9.47 Å². The van der Waals surface area contributed by atoms with Gasteiger partial charge in [0.1, 0.15) is 23.9 Å². The molecule has 0 aliphatic rings. The molecule has 0 amide bonds. The van der Waals surface area contributed by atoms with Crippen molar-refractivity contribution in [3.05, 3.63) is 54.2 Å². The third-order valence-corrected chi connectivity index (χ3v) is 3.88. The second-order valence-electron chi connectivity index (χ2n) is 5.78. The second kappa shape index (κ2) is 6.24. The monoisotopic (exact) mass is 311 g/mol. The van der Waals surface area contributed by atoms with Gasteiger partial charge in [-0.05, 0) is 50.2 Å². The molecule has 0 spiro atoms. The third-order valence-electron chi connectivity index (χ3n) is 3.88. The first-order valence-electron chi connectivity index (χ1n) is 7.69. The summed E-state index contributed by atoms with van der Waals surface area (Å²) in [4.78, 5) is 0. The first kappa shape index (κ1) is 15.3. The third kappa shape index (κ3) is 2.97. The SMILES string of the molecule is COc1ccc(OCc2cc3cccc(O)c3n2C(C)C)cc1. The topological polar surface area (TPSA) is 43.6 Å². The van der Waals surface area contributed by atoms with Gasteiger partial charge in [0.25, 0.3) is 0 Å². The summed E-state index contributed by atoms with van der Waals surface area (Å²) in [5.74, 6) is 1.89. The number of rotatable bonds is 5. The predicted molar refractivity (Wildman–Crippen MR) is 91.3 cm³/mol. The molecule has 4 heteroatoms. The minimum Gasteiger partial charge on any atom is -0.506 e. The Morgan fingerprint density at radius 1 is 1.04 bits per heavy atom. The Balaban J connectivity index is 1.90. The molecule has 0 aliphatic carbocycles. The fourth-order valence-electron chi connectivity index (χ4n) is 2.85. The van der Waals surface area contributed by atoms with Gasteiger partial charge in [-0.3, -0.25) is 0 Å². The lowest BCUT2D eigenvalue weighted by atomic mass is 10.2. The fourth-order valence-corrected chi connectivity index (χ4v) is 2.85. The Kier molecular flexibility index (Phi) is 4.15. The van der Waals surface area contributed by atoms with Gasteiger partial charge >= 0.3 is 0 Å². The fraction of sp³-hybridized carbons (Fsp3) is 0.263. The number of ether oxygens (including phenoxy) is 2. The number of phenols is 1. The highest BCUT2D eigenvalue weighted by Crippen LogP contribution is 2.31. The number of aromatic nitrogens is 1. The summed E-state index contributed by atoms with van der Waals surface area (Å²) in [7, 11) is 1.64. The first-order chi connectivity index (χ1) is 11.1. The van der Waals surface area contributed by atoms with Crippen LogP contribution in [0.5, 0.6) is 17.2 Å². The highest BCUT2D eigenvalue weighted by molar-refractivity contribution is 5.86. The molecule has 1 N–H and O–H groups in total. The van der Waals surface area contributed by atoms with Gasteiger partial charge in [-0.15, -0.1) is 0 Å². The molecule has 0 saturated heterocycles. The Labute approximate surface area is 135 Å². The molecule has 0 fully saturated rings. The van der Waals surface area contributed by atoms with Crippen LogP contribution in [0, 0.1) is 0 Å². The van der Waals surface area contributed by atoms with Crippen molar-refractivity contribution in [3.63, 3.8) is 0 Å². The van der Waals surface area contributed by atoms with E-state index in [-0.39, 0.29) is 6.04 Å². The van der Waals surface area contributed by atoms with Crippen LogP contribution in [0.2, 0.25) is 0 Å². The molecule has 0 unspecified atom stereocenters. The maximum atomic E-state index is 10.2. The van der Waals surface area contributed by atoms with Crippen LogP contribution in [0.25, 0.3) is 10.9 Å². The predicted octanol–water partition coefficient (Wildman–Crippen LogP) is 4.52. The van der Waals surface area contributed by atoms with Crippen LogP contribution in [0.4, 0.5) is 0 Å². The summed E-state index contributed by atoms with van der Waals surface area (Å²) in [5.41, 5.74) is 1.89. The molecule has 0 saturated carbocycles. The minimum atomic E-state index is 0.232. The van der Waals surface area contributed by atoms with Gasteiger partial charge in [-0.1, -0.05) is 12.1 Å². The summed E-state index contributed by atoms with van der Waals surface area (Å²) in [6.45, 7) is 4.64. The van der Waals surface area contributed by atoms with Gasteiger partial charge in [-0.2, -0.15) is 0 Å². The average Bonchev–Trinajstić information content (AvgIpc) is 2.93. The van der Waals surface area contributed by atoms with Gasteiger partial charge < -0.3 is 19.1 Å². The molecule has 1 heterocycles. The van der Waals surface area contributed by atoms with Crippen LogP contribution in [-0.2, 0) is 6.61 Å². The van der Waals surface area contributed by atoms with Crippen molar-refractivity contribution in [3.8, 4) is 17.2 Å². The van der Waals surface area contributed by atoms with Crippen LogP contribution < -0.4 is 9.47 Å². The molecule has 3 aromatic rings. The summed E-state index contributed by atoms with van der Waals surface area (Å²) < 4.78 is 13.2. The Hall–Kier alpha value is -2.62. The number of phenolic OH excluding ortho intramolecular Hbond substituents is 1. The lowest BCUT2D eigenvalue weighted by Crippen LogP contribution is -2.08. The van der Waals surface area contributed by atoms with Crippen LogP contribution in [0.1, 0.15) is 25.6 Å². The number of methoxy groups -OCH3 is 1. The maximum absolute atomic E-state index is 10.2. The van der Waals surface area contributed by atoms with Gasteiger partial charge in [0, 0.05) is 11.4 Å². The number of aromatic hydroxyl groups is 1. The molecule has 0 atom stereocenters. The smallest absolute Gasteiger partial charge is 0.139 e. The van der Waals surface area contributed by atoms with Crippen molar-refractivity contribution in [2.24, 2.45) is 0 Å². The molecule has 120 valence electrons. The summed E-state index contributed by atoms with van der Waals surface area (Å²) in [5, 5.41) is 11.2. The summed E-state index contributed by atoms with van der Waals surface area (Å²) >= 11 is 0. The van der Waals surface area contributed by atoms with E-state index in [2.05, 4.69) is 24.5 Å². The van der Waals surface area contributed by atoms with Crippen molar-refractivity contribution in [2.45, 2.75) is 26.5 Å². The van der Waals surface area contributed by atoms with E-state index in [1.165, 1.54) is 0 Å². The van der Waals surface area contributed by atoms with E-state index in [0.29, 0.717) is 12.4 Å². The standard InChI is InChI=1S/C19H21NO3/c1-13(2)20-15(11-14-5-4-6-18(21)19(14)20)12-23-17-9-7-16(22-3)8-10-17/h4-11,13,21H,12H2,1-3H3. The molecule has 23 heavy (non-hydrogen) atoms. The summed E-state index contributed by atoms with van der Waals surface area (Å²) in [6, 6.07) is 15.4. The molecule has 0 bridgehead atoms. The van der Waals surface area contributed by atoms with Crippen LogP contribution in [0.15, 0.2) is 48.5 Å². The minimum absolute atomic E-state index is 0.232. The zero-order chi connectivity index (χ0) is 16.4.